The molecule has 0 saturated carbocycles. The van der Waals surface area contributed by atoms with Crippen LogP contribution in [0, 0.1) is 0 Å². The lowest BCUT2D eigenvalue weighted by molar-refractivity contribution is -0.114. The molecule has 0 radical (unpaired) electrons. The van der Waals surface area contributed by atoms with Crippen molar-refractivity contribution in [2.75, 3.05) is 22.4 Å². The minimum absolute atomic E-state index is 0.214. The number of anilines is 2. The maximum atomic E-state index is 13.2. The van der Waals surface area contributed by atoms with Crippen molar-refractivity contribution in [1.82, 2.24) is 0 Å². The van der Waals surface area contributed by atoms with E-state index in [0.29, 0.717) is 16.9 Å². The van der Waals surface area contributed by atoms with Gasteiger partial charge in [-0.1, -0.05) is 48.5 Å². The Morgan fingerprint density at radius 1 is 0.929 bits per heavy atom. The summed E-state index contributed by atoms with van der Waals surface area (Å²) in [5.41, 5.74) is 2.63. The number of carbonyl (C=O) groups excluding carboxylic acids is 1. The van der Waals surface area contributed by atoms with Gasteiger partial charge in [-0.05, 0) is 30.5 Å². The summed E-state index contributed by atoms with van der Waals surface area (Å²) in [6, 6.07) is 21.5. The number of hydrogen-bond acceptors (Lipinski definition) is 4. The standard InChI is InChI=1S/C21H18N2O3S2/c1-27-19-12-6-4-10-17(19)22-21(24)14-23-18-11-5-2-8-15(18)16-9-3-7-13-20(16)28(23,25)26/h2-13H,14H2,1H3,(H,22,24). The van der Waals surface area contributed by atoms with Crippen molar-refractivity contribution in [2.45, 2.75) is 9.79 Å². The quantitative estimate of drug-likeness (QED) is 0.654. The van der Waals surface area contributed by atoms with Gasteiger partial charge in [0, 0.05) is 16.0 Å². The predicted octanol–water partition coefficient (Wildman–Crippen LogP) is 4.22. The van der Waals surface area contributed by atoms with Gasteiger partial charge in [-0.15, -0.1) is 11.8 Å². The Morgan fingerprint density at radius 3 is 2.36 bits per heavy atom. The number of thioether (sulfide) groups is 1. The van der Waals surface area contributed by atoms with E-state index in [1.165, 1.54) is 16.1 Å². The molecule has 3 aromatic carbocycles. The van der Waals surface area contributed by atoms with Gasteiger partial charge in [-0.25, -0.2) is 8.42 Å². The van der Waals surface area contributed by atoms with Crippen LogP contribution < -0.4 is 9.62 Å². The van der Waals surface area contributed by atoms with Crippen LogP contribution >= 0.6 is 11.8 Å². The van der Waals surface area contributed by atoms with Gasteiger partial charge < -0.3 is 5.32 Å². The van der Waals surface area contributed by atoms with E-state index >= 15 is 0 Å². The fourth-order valence-electron chi connectivity index (χ4n) is 3.32. The van der Waals surface area contributed by atoms with Crippen molar-refractivity contribution in [1.29, 1.82) is 0 Å². The number of nitrogens with one attached hydrogen (secondary N) is 1. The lowest BCUT2D eigenvalue weighted by atomic mass is 10.0. The third-order valence-corrected chi connectivity index (χ3v) is 7.20. The number of para-hydroxylation sites is 2. The molecule has 0 atom stereocenters. The molecule has 28 heavy (non-hydrogen) atoms. The van der Waals surface area contributed by atoms with Crippen LogP contribution in [-0.2, 0) is 14.8 Å². The molecule has 4 rings (SSSR count). The minimum atomic E-state index is -3.83. The first-order chi connectivity index (χ1) is 13.5. The van der Waals surface area contributed by atoms with Crippen LogP contribution in [-0.4, -0.2) is 27.1 Å². The number of rotatable bonds is 4. The van der Waals surface area contributed by atoms with E-state index in [-0.39, 0.29) is 17.3 Å². The summed E-state index contributed by atoms with van der Waals surface area (Å²) in [5, 5.41) is 2.84. The number of amides is 1. The number of nitrogens with zero attached hydrogens (tertiary/aromatic N) is 1. The fourth-order valence-corrected chi connectivity index (χ4v) is 5.52. The molecule has 1 amide bonds. The SMILES string of the molecule is CSc1ccccc1NC(=O)CN1c2ccccc2-c2ccccc2S1(=O)=O. The predicted molar refractivity (Wildman–Crippen MR) is 113 cm³/mol. The summed E-state index contributed by atoms with van der Waals surface area (Å²) in [7, 11) is -3.83. The first-order valence-corrected chi connectivity index (χ1v) is 11.3. The number of hydrogen-bond donors (Lipinski definition) is 1. The molecule has 0 bridgehead atoms. The van der Waals surface area contributed by atoms with Crippen molar-refractivity contribution < 1.29 is 13.2 Å². The number of sulfonamides is 1. The largest absolute Gasteiger partial charge is 0.323 e. The molecule has 0 spiro atoms. The molecule has 0 aromatic heterocycles. The van der Waals surface area contributed by atoms with Crippen LogP contribution in [0.1, 0.15) is 0 Å². The van der Waals surface area contributed by atoms with Crippen LogP contribution in [0.15, 0.2) is 82.6 Å². The third-order valence-electron chi connectivity index (χ3n) is 4.59. The smallest absolute Gasteiger partial charge is 0.265 e. The van der Waals surface area contributed by atoms with Gasteiger partial charge in [-0.3, -0.25) is 9.10 Å². The molecule has 1 aliphatic heterocycles. The summed E-state index contributed by atoms with van der Waals surface area (Å²) in [5.74, 6) is -0.390. The highest BCUT2D eigenvalue weighted by Crippen LogP contribution is 2.42. The minimum Gasteiger partial charge on any atom is -0.323 e. The number of fused-ring (bicyclic) bond motifs is 3. The summed E-state index contributed by atoms with van der Waals surface area (Å²) < 4.78 is 27.6. The highest BCUT2D eigenvalue weighted by atomic mass is 32.2. The molecule has 5 nitrogen and oxygen atoms in total. The monoisotopic (exact) mass is 410 g/mol. The highest BCUT2D eigenvalue weighted by Gasteiger charge is 2.35. The van der Waals surface area contributed by atoms with Crippen LogP contribution in [0.3, 0.4) is 0 Å². The van der Waals surface area contributed by atoms with Crippen molar-refractivity contribution in [3.63, 3.8) is 0 Å². The van der Waals surface area contributed by atoms with E-state index in [1.807, 2.05) is 42.7 Å². The average molecular weight is 411 g/mol. The maximum absolute atomic E-state index is 13.2. The van der Waals surface area contributed by atoms with Crippen molar-refractivity contribution in [2.24, 2.45) is 0 Å². The molecule has 0 saturated heterocycles. The molecule has 1 N–H and O–H groups in total. The summed E-state index contributed by atoms with van der Waals surface area (Å²) in [6.45, 7) is -0.295. The second-order valence-electron chi connectivity index (χ2n) is 6.27. The van der Waals surface area contributed by atoms with Gasteiger partial charge in [0.2, 0.25) is 5.91 Å². The van der Waals surface area contributed by atoms with Gasteiger partial charge >= 0.3 is 0 Å². The van der Waals surface area contributed by atoms with E-state index in [9.17, 15) is 13.2 Å². The van der Waals surface area contributed by atoms with Crippen LogP contribution in [0.5, 0.6) is 0 Å². The summed E-state index contributed by atoms with van der Waals surface area (Å²) >= 11 is 1.52. The van der Waals surface area contributed by atoms with Crippen LogP contribution in [0.25, 0.3) is 11.1 Å². The van der Waals surface area contributed by atoms with Crippen molar-refractivity contribution in [3.05, 3.63) is 72.8 Å². The normalized spacial score (nSPS) is 14.1. The Bertz CT molecular complexity index is 1160. The van der Waals surface area contributed by atoms with Crippen LogP contribution in [0.4, 0.5) is 11.4 Å². The third kappa shape index (κ3) is 3.16. The Hall–Kier alpha value is -2.77. The molecule has 0 aliphatic carbocycles. The van der Waals surface area contributed by atoms with E-state index in [1.54, 1.807) is 36.4 Å². The van der Waals surface area contributed by atoms with Gasteiger partial charge in [0.15, 0.2) is 0 Å². The molecule has 142 valence electrons. The van der Waals surface area contributed by atoms with Crippen molar-refractivity contribution in [3.8, 4) is 11.1 Å². The second kappa shape index (κ2) is 7.33. The van der Waals surface area contributed by atoms with Crippen molar-refractivity contribution >= 4 is 39.1 Å². The van der Waals surface area contributed by atoms with Gasteiger partial charge in [0.25, 0.3) is 10.0 Å². The lowest BCUT2D eigenvalue weighted by Gasteiger charge is -2.31. The zero-order chi connectivity index (χ0) is 19.7. The highest BCUT2D eigenvalue weighted by molar-refractivity contribution is 7.98. The molecule has 1 heterocycles. The molecular formula is C21H18N2O3S2. The Kier molecular flexibility index (Phi) is 4.87. The average Bonchev–Trinajstić information content (AvgIpc) is 2.72. The zero-order valence-corrected chi connectivity index (χ0v) is 16.8. The topological polar surface area (TPSA) is 66.5 Å². The van der Waals surface area contributed by atoms with Gasteiger partial charge in [0.1, 0.15) is 6.54 Å². The van der Waals surface area contributed by atoms with E-state index < -0.39 is 10.0 Å². The Labute approximate surface area is 168 Å². The second-order valence-corrected chi connectivity index (χ2v) is 8.95. The van der Waals surface area contributed by atoms with Gasteiger partial charge in [0.05, 0.1) is 16.3 Å². The number of benzene rings is 3. The number of carbonyl (C=O) groups is 1. The first kappa shape index (κ1) is 18.6. The molecule has 3 aromatic rings. The lowest BCUT2D eigenvalue weighted by Crippen LogP contribution is -2.40. The Balaban J connectivity index is 1.71. The fraction of sp³-hybridized carbons (Fsp3) is 0.0952. The molecule has 0 fully saturated rings. The van der Waals surface area contributed by atoms with E-state index in [4.69, 9.17) is 0 Å². The first-order valence-electron chi connectivity index (χ1n) is 8.66. The molecule has 7 heteroatoms. The zero-order valence-electron chi connectivity index (χ0n) is 15.1. The summed E-state index contributed by atoms with van der Waals surface area (Å²) in [4.78, 5) is 13.9. The molecule has 0 unspecified atom stereocenters. The summed E-state index contributed by atoms with van der Waals surface area (Å²) in [6.07, 6.45) is 1.92. The van der Waals surface area contributed by atoms with Crippen LogP contribution in [0.2, 0.25) is 0 Å². The van der Waals surface area contributed by atoms with Gasteiger partial charge in [-0.2, -0.15) is 0 Å². The molecule has 1 aliphatic rings. The Morgan fingerprint density at radius 2 is 1.57 bits per heavy atom. The van der Waals surface area contributed by atoms with E-state index in [0.717, 1.165) is 10.5 Å². The molecular weight excluding hydrogens is 392 g/mol. The van der Waals surface area contributed by atoms with E-state index in [2.05, 4.69) is 5.32 Å². The maximum Gasteiger partial charge on any atom is 0.265 e.